The molecule has 0 aromatic heterocycles. The summed E-state index contributed by atoms with van der Waals surface area (Å²) in [5.74, 6) is 5.35. The zero-order valence-electron chi connectivity index (χ0n) is 11.1. The van der Waals surface area contributed by atoms with E-state index in [4.69, 9.17) is 5.84 Å². The van der Waals surface area contributed by atoms with Gasteiger partial charge in [-0.1, -0.05) is 42.5 Å². The van der Waals surface area contributed by atoms with E-state index in [0.29, 0.717) is 5.56 Å². The van der Waals surface area contributed by atoms with Crippen molar-refractivity contribution in [1.82, 2.24) is 5.43 Å². The predicted octanol–water partition coefficient (Wildman–Crippen LogP) is 3.27. The molecule has 100 valence electrons. The molecule has 0 fully saturated rings. The van der Waals surface area contributed by atoms with E-state index in [9.17, 15) is 4.39 Å². The molecule has 0 saturated carbocycles. The van der Waals surface area contributed by atoms with Crippen LogP contribution in [0, 0.1) is 12.7 Å². The summed E-state index contributed by atoms with van der Waals surface area (Å²) in [5.41, 5.74) is 5.87. The molecule has 0 bridgehead atoms. The van der Waals surface area contributed by atoms with Gasteiger partial charge in [0.1, 0.15) is 5.82 Å². The van der Waals surface area contributed by atoms with Crippen LogP contribution in [0.15, 0.2) is 48.5 Å². The predicted molar refractivity (Wildman–Crippen MR) is 76.0 cm³/mol. The molecule has 3 heteroatoms. The third kappa shape index (κ3) is 3.40. The molecule has 0 aliphatic heterocycles. The number of nitrogens with one attached hydrogen (secondary N) is 1. The second-order valence-corrected chi connectivity index (χ2v) is 4.71. The van der Waals surface area contributed by atoms with Crippen LogP contribution in [0.25, 0.3) is 0 Å². The van der Waals surface area contributed by atoms with Crippen LogP contribution < -0.4 is 11.3 Å². The monoisotopic (exact) mass is 258 g/mol. The van der Waals surface area contributed by atoms with Crippen LogP contribution in [0.5, 0.6) is 0 Å². The highest BCUT2D eigenvalue weighted by molar-refractivity contribution is 5.27. The van der Waals surface area contributed by atoms with Gasteiger partial charge in [-0.3, -0.25) is 11.3 Å². The van der Waals surface area contributed by atoms with Crippen LogP contribution in [-0.4, -0.2) is 0 Å². The highest BCUT2D eigenvalue weighted by Gasteiger charge is 2.14. The lowest BCUT2D eigenvalue weighted by Gasteiger charge is -2.17. The summed E-state index contributed by atoms with van der Waals surface area (Å²) in [4.78, 5) is 0. The second-order valence-electron chi connectivity index (χ2n) is 4.71. The average molecular weight is 258 g/mol. The molecule has 2 aromatic rings. The first-order valence-electron chi connectivity index (χ1n) is 6.47. The minimum atomic E-state index is -0.213. The number of nitrogens with two attached hydrogens (primary N) is 1. The van der Waals surface area contributed by atoms with Crippen molar-refractivity contribution in [3.05, 3.63) is 71.0 Å². The van der Waals surface area contributed by atoms with Gasteiger partial charge in [-0.25, -0.2) is 4.39 Å². The van der Waals surface area contributed by atoms with Gasteiger partial charge in [0.25, 0.3) is 0 Å². The number of benzene rings is 2. The SMILES string of the molecule is Cc1ccccc1CCC(NN)c1ccccc1F. The molecule has 1 unspecified atom stereocenters. The van der Waals surface area contributed by atoms with E-state index in [2.05, 4.69) is 24.5 Å². The number of hydrogen-bond donors (Lipinski definition) is 2. The van der Waals surface area contributed by atoms with Crippen molar-refractivity contribution in [2.75, 3.05) is 0 Å². The summed E-state index contributed by atoms with van der Waals surface area (Å²) in [6.07, 6.45) is 1.64. The van der Waals surface area contributed by atoms with Gasteiger partial charge in [0.2, 0.25) is 0 Å². The van der Waals surface area contributed by atoms with Gasteiger partial charge < -0.3 is 0 Å². The summed E-state index contributed by atoms with van der Waals surface area (Å²) < 4.78 is 13.7. The summed E-state index contributed by atoms with van der Waals surface area (Å²) >= 11 is 0. The highest BCUT2D eigenvalue weighted by Crippen LogP contribution is 2.22. The van der Waals surface area contributed by atoms with Gasteiger partial charge in [0.15, 0.2) is 0 Å². The van der Waals surface area contributed by atoms with Crippen LogP contribution in [0.1, 0.15) is 29.2 Å². The first kappa shape index (κ1) is 13.7. The fraction of sp³-hybridized carbons (Fsp3) is 0.250. The fourth-order valence-electron chi connectivity index (χ4n) is 2.28. The summed E-state index contributed by atoms with van der Waals surface area (Å²) in [6.45, 7) is 2.09. The Balaban J connectivity index is 2.09. The Hall–Kier alpha value is -1.71. The molecule has 2 rings (SSSR count). The van der Waals surface area contributed by atoms with Crippen LogP contribution in [-0.2, 0) is 6.42 Å². The first-order valence-corrected chi connectivity index (χ1v) is 6.47. The zero-order valence-corrected chi connectivity index (χ0v) is 11.1. The molecule has 0 saturated heterocycles. The molecule has 0 amide bonds. The molecule has 0 spiro atoms. The minimum absolute atomic E-state index is 0.166. The summed E-state index contributed by atoms with van der Waals surface area (Å²) in [6, 6.07) is 14.8. The highest BCUT2D eigenvalue weighted by atomic mass is 19.1. The molecule has 0 radical (unpaired) electrons. The molecule has 0 aliphatic carbocycles. The van der Waals surface area contributed by atoms with Gasteiger partial charge in [-0.05, 0) is 37.0 Å². The van der Waals surface area contributed by atoms with E-state index in [0.717, 1.165) is 12.8 Å². The summed E-state index contributed by atoms with van der Waals surface area (Å²) in [5, 5.41) is 0. The van der Waals surface area contributed by atoms with E-state index in [-0.39, 0.29) is 11.9 Å². The second kappa shape index (κ2) is 6.45. The Kier molecular flexibility index (Phi) is 4.66. The lowest BCUT2D eigenvalue weighted by atomic mass is 9.97. The maximum absolute atomic E-state index is 13.7. The maximum atomic E-state index is 13.7. The quantitative estimate of drug-likeness (QED) is 0.638. The van der Waals surface area contributed by atoms with E-state index >= 15 is 0 Å². The number of hydrazine groups is 1. The van der Waals surface area contributed by atoms with E-state index in [1.807, 2.05) is 18.2 Å². The standard InChI is InChI=1S/C16H19FN2/c1-12-6-2-3-7-13(12)10-11-16(19-18)14-8-4-5-9-15(14)17/h2-9,16,19H,10-11,18H2,1H3. The average Bonchev–Trinajstić information content (AvgIpc) is 2.43. The van der Waals surface area contributed by atoms with Crippen molar-refractivity contribution in [3.8, 4) is 0 Å². The Bertz CT molecular complexity index is 540. The van der Waals surface area contributed by atoms with Gasteiger partial charge in [-0.2, -0.15) is 0 Å². The van der Waals surface area contributed by atoms with Crippen molar-refractivity contribution < 1.29 is 4.39 Å². The lowest BCUT2D eigenvalue weighted by Crippen LogP contribution is -2.29. The van der Waals surface area contributed by atoms with Crippen LogP contribution in [0.4, 0.5) is 4.39 Å². The molecule has 0 aliphatic rings. The van der Waals surface area contributed by atoms with Gasteiger partial charge in [-0.15, -0.1) is 0 Å². The Morgan fingerprint density at radius 2 is 1.79 bits per heavy atom. The third-order valence-corrected chi connectivity index (χ3v) is 3.45. The van der Waals surface area contributed by atoms with Crippen molar-refractivity contribution in [2.24, 2.45) is 5.84 Å². The molecular formula is C16H19FN2. The Labute approximate surface area is 113 Å². The van der Waals surface area contributed by atoms with Gasteiger partial charge >= 0.3 is 0 Å². The molecular weight excluding hydrogens is 239 g/mol. The van der Waals surface area contributed by atoms with Crippen molar-refractivity contribution in [3.63, 3.8) is 0 Å². The van der Waals surface area contributed by atoms with Crippen LogP contribution in [0.2, 0.25) is 0 Å². The zero-order chi connectivity index (χ0) is 13.7. The molecule has 2 nitrogen and oxygen atoms in total. The molecule has 19 heavy (non-hydrogen) atoms. The van der Waals surface area contributed by atoms with Crippen molar-refractivity contribution in [2.45, 2.75) is 25.8 Å². The van der Waals surface area contributed by atoms with Crippen molar-refractivity contribution in [1.29, 1.82) is 0 Å². The minimum Gasteiger partial charge on any atom is -0.271 e. The molecule has 2 aromatic carbocycles. The fourth-order valence-corrected chi connectivity index (χ4v) is 2.28. The Morgan fingerprint density at radius 3 is 2.47 bits per heavy atom. The summed E-state index contributed by atoms with van der Waals surface area (Å²) in [7, 11) is 0. The number of hydrogen-bond acceptors (Lipinski definition) is 2. The van der Waals surface area contributed by atoms with E-state index in [1.165, 1.54) is 17.2 Å². The van der Waals surface area contributed by atoms with Crippen LogP contribution in [0.3, 0.4) is 0 Å². The molecule has 1 atom stereocenters. The molecule has 0 heterocycles. The van der Waals surface area contributed by atoms with E-state index < -0.39 is 0 Å². The number of aryl methyl sites for hydroxylation is 2. The Morgan fingerprint density at radius 1 is 1.11 bits per heavy atom. The van der Waals surface area contributed by atoms with Crippen molar-refractivity contribution >= 4 is 0 Å². The lowest BCUT2D eigenvalue weighted by molar-refractivity contribution is 0.485. The number of rotatable bonds is 5. The largest absolute Gasteiger partial charge is 0.271 e. The van der Waals surface area contributed by atoms with Gasteiger partial charge in [0.05, 0.1) is 0 Å². The number of halogens is 1. The molecule has 3 N–H and O–H groups in total. The third-order valence-electron chi connectivity index (χ3n) is 3.45. The maximum Gasteiger partial charge on any atom is 0.128 e. The van der Waals surface area contributed by atoms with Gasteiger partial charge in [0, 0.05) is 11.6 Å². The van der Waals surface area contributed by atoms with Crippen LogP contribution >= 0.6 is 0 Å². The topological polar surface area (TPSA) is 38.0 Å². The first-order chi connectivity index (χ1) is 9.22. The smallest absolute Gasteiger partial charge is 0.128 e. The van der Waals surface area contributed by atoms with E-state index in [1.54, 1.807) is 12.1 Å². The normalized spacial score (nSPS) is 12.4.